The van der Waals surface area contributed by atoms with E-state index in [0.29, 0.717) is 16.7 Å². The van der Waals surface area contributed by atoms with Crippen LogP contribution in [0.15, 0.2) is 23.4 Å². The number of fused-ring (bicyclic) bond motifs is 1. The number of hydrogen-bond donors (Lipinski definition) is 2. The van der Waals surface area contributed by atoms with E-state index in [4.69, 9.17) is 5.10 Å². The third-order valence-electron chi connectivity index (χ3n) is 7.25. The van der Waals surface area contributed by atoms with Gasteiger partial charge in [-0.3, -0.25) is 4.68 Å². The topological polar surface area (TPSA) is 70.9 Å². The van der Waals surface area contributed by atoms with Crippen molar-refractivity contribution >= 4 is 39.9 Å². The lowest BCUT2D eigenvalue weighted by molar-refractivity contribution is -0.137. The van der Waals surface area contributed by atoms with Gasteiger partial charge in [0.15, 0.2) is 5.82 Å². The maximum atomic E-state index is 13.9. The first-order valence-corrected chi connectivity index (χ1v) is 14.7. The van der Waals surface area contributed by atoms with Crippen LogP contribution in [-0.4, -0.2) is 56.1 Å². The first-order chi connectivity index (χ1) is 17.9. The number of aromatic nitrogens is 4. The lowest BCUT2D eigenvalue weighted by atomic mass is 10.1. The zero-order valence-electron chi connectivity index (χ0n) is 20.6. The molecule has 37 heavy (non-hydrogen) atoms. The fraction of sp³-hybridized carbons (Fsp3) is 0.560. The van der Waals surface area contributed by atoms with Gasteiger partial charge in [0.25, 0.3) is 0 Å². The molecule has 0 amide bonds. The first-order valence-electron chi connectivity index (χ1n) is 12.9. The quantitative estimate of drug-likeness (QED) is 0.367. The van der Waals surface area contributed by atoms with Crippen LogP contribution in [0.1, 0.15) is 56.2 Å². The standard InChI is InChI=1S/C25H30F3N7S2/c1-2-15-14-35(17-6-9-34(10-7-17)16-4-5-16)33-22(15)32-24-30-13-18(25(26,27)28)21(31-24)19-12-20-23(37-19)29-8-3-11-36-20/h12-14,16-17,29H,2-11H2,1H3,(H,30,31,32,33). The van der Waals surface area contributed by atoms with Crippen molar-refractivity contribution in [2.24, 2.45) is 0 Å². The Kier molecular flexibility index (Phi) is 6.83. The van der Waals surface area contributed by atoms with Gasteiger partial charge in [0.2, 0.25) is 5.95 Å². The molecule has 6 rings (SSSR count). The van der Waals surface area contributed by atoms with Gasteiger partial charge in [0.05, 0.1) is 16.6 Å². The van der Waals surface area contributed by atoms with Crippen LogP contribution >= 0.6 is 23.1 Å². The number of nitrogens with one attached hydrogen (secondary N) is 2. The second kappa shape index (κ2) is 10.1. The first kappa shape index (κ1) is 25.0. The largest absolute Gasteiger partial charge is 0.420 e. The molecule has 2 fully saturated rings. The van der Waals surface area contributed by atoms with Crippen LogP contribution in [0.4, 0.5) is 29.9 Å². The summed E-state index contributed by atoms with van der Waals surface area (Å²) in [7, 11) is 0. The van der Waals surface area contributed by atoms with Gasteiger partial charge in [-0.2, -0.15) is 18.3 Å². The molecule has 0 radical (unpaired) electrons. The zero-order valence-corrected chi connectivity index (χ0v) is 22.3. The van der Waals surface area contributed by atoms with Gasteiger partial charge in [0.1, 0.15) is 10.6 Å². The van der Waals surface area contributed by atoms with Crippen molar-refractivity contribution in [3.63, 3.8) is 0 Å². The molecule has 1 aliphatic carbocycles. The number of thiophene rings is 1. The lowest BCUT2D eigenvalue weighted by Gasteiger charge is -2.32. The normalized spacial score (nSPS) is 19.4. The summed E-state index contributed by atoms with van der Waals surface area (Å²) < 4.78 is 43.8. The number of thioether (sulfide) groups is 1. The minimum absolute atomic E-state index is 0.101. The van der Waals surface area contributed by atoms with Crippen LogP contribution < -0.4 is 10.6 Å². The SMILES string of the molecule is CCc1cn(C2CCN(C3CC3)CC2)nc1Nc1ncc(C(F)(F)F)c(-c2cc3c(s2)NCCCS3)n1. The van der Waals surface area contributed by atoms with Gasteiger partial charge < -0.3 is 15.5 Å². The van der Waals surface area contributed by atoms with Gasteiger partial charge in [-0.1, -0.05) is 6.92 Å². The Morgan fingerprint density at radius 3 is 2.70 bits per heavy atom. The number of hydrogen-bond acceptors (Lipinski definition) is 8. The molecule has 12 heteroatoms. The van der Waals surface area contributed by atoms with E-state index in [0.717, 1.165) is 78.8 Å². The Labute approximate surface area is 222 Å². The van der Waals surface area contributed by atoms with Crippen molar-refractivity contribution < 1.29 is 13.2 Å². The number of likely N-dealkylation sites (tertiary alicyclic amines) is 1. The third-order valence-corrected chi connectivity index (χ3v) is 9.60. The molecule has 0 aromatic carbocycles. The Balaban J connectivity index is 1.27. The van der Waals surface area contributed by atoms with Crippen LogP contribution in [0, 0.1) is 0 Å². The highest BCUT2D eigenvalue weighted by Gasteiger charge is 2.37. The number of halogens is 3. The predicted octanol–water partition coefficient (Wildman–Crippen LogP) is 6.43. The summed E-state index contributed by atoms with van der Waals surface area (Å²) in [5.74, 6) is 1.66. The summed E-state index contributed by atoms with van der Waals surface area (Å²) in [5.41, 5.74) is 0.0663. The smallest absolute Gasteiger partial charge is 0.376 e. The monoisotopic (exact) mass is 549 g/mol. The predicted molar refractivity (Wildman–Crippen MR) is 142 cm³/mol. The van der Waals surface area contributed by atoms with E-state index in [1.165, 1.54) is 24.2 Å². The fourth-order valence-electron chi connectivity index (χ4n) is 5.06. The Morgan fingerprint density at radius 2 is 1.97 bits per heavy atom. The van der Waals surface area contributed by atoms with Crippen molar-refractivity contribution in [1.29, 1.82) is 0 Å². The third kappa shape index (κ3) is 5.33. The van der Waals surface area contributed by atoms with Crippen molar-refractivity contribution in [3.05, 3.63) is 29.6 Å². The second-order valence-electron chi connectivity index (χ2n) is 9.85. The van der Waals surface area contributed by atoms with Crippen LogP contribution in [0.2, 0.25) is 0 Å². The molecule has 3 aromatic heterocycles. The summed E-state index contributed by atoms with van der Waals surface area (Å²) in [4.78, 5) is 12.5. The van der Waals surface area contributed by atoms with E-state index in [-0.39, 0.29) is 11.6 Å². The fourth-order valence-corrected chi connectivity index (χ4v) is 7.33. The molecule has 198 valence electrons. The molecule has 0 bridgehead atoms. The molecular formula is C25H30F3N7S2. The average Bonchev–Trinajstić information content (AvgIpc) is 3.60. The summed E-state index contributed by atoms with van der Waals surface area (Å²) in [6.07, 6.45) is 4.89. The minimum atomic E-state index is -4.55. The zero-order chi connectivity index (χ0) is 25.6. The lowest BCUT2D eigenvalue weighted by Crippen LogP contribution is -2.36. The maximum absolute atomic E-state index is 13.9. The number of anilines is 3. The molecule has 5 heterocycles. The summed E-state index contributed by atoms with van der Waals surface area (Å²) in [6.45, 7) is 5.03. The maximum Gasteiger partial charge on any atom is 0.420 e. The van der Waals surface area contributed by atoms with Gasteiger partial charge in [-0.05, 0) is 50.3 Å². The number of alkyl halides is 3. The van der Waals surface area contributed by atoms with Crippen molar-refractivity contribution in [1.82, 2.24) is 24.6 Å². The summed E-state index contributed by atoms with van der Waals surface area (Å²) in [5, 5.41) is 12.2. The average molecular weight is 550 g/mol. The van der Waals surface area contributed by atoms with E-state index in [9.17, 15) is 13.2 Å². The van der Waals surface area contributed by atoms with Crippen LogP contribution in [0.3, 0.4) is 0 Å². The highest BCUT2D eigenvalue weighted by Crippen LogP contribution is 2.45. The molecule has 3 aromatic rings. The van der Waals surface area contributed by atoms with Gasteiger partial charge in [0, 0.05) is 48.5 Å². The van der Waals surface area contributed by atoms with E-state index in [2.05, 4.69) is 31.7 Å². The summed E-state index contributed by atoms with van der Waals surface area (Å²) >= 11 is 2.97. The molecule has 0 atom stereocenters. The Morgan fingerprint density at radius 1 is 1.16 bits per heavy atom. The molecule has 0 spiro atoms. The summed E-state index contributed by atoms with van der Waals surface area (Å²) in [6, 6.07) is 2.91. The van der Waals surface area contributed by atoms with Gasteiger partial charge in [-0.25, -0.2) is 9.97 Å². The van der Waals surface area contributed by atoms with E-state index in [1.807, 2.05) is 17.7 Å². The van der Waals surface area contributed by atoms with Crippen molar-refractivity contribution in [2.45, 2.75) is 68.6 Å². The van der Waals surface area contributed by atoms with E-state index < -0.39 is 11.7 Å². The molecule has 1 saturated carbocycles. The molecule has 3 aliphatic rings. The number of aryl methyl sites for hydroxylation is 1. The number of nitrogens with zero attached hydrogens (tertiary/aromatic N) is 5. The van der Waals surface area contributed by atoms with E-state index >= 15 is 0 Å². The minimum Gasteiger partial charge on any atom is -0.376 e. The van der Waals surface area contributed by atoms with Gasteiger partial charge >= 0.3 is 6.18 Å². The van der Waals surface area contributed by atoms with Crippen molar-refractivity contribution in [2.75, 3.05) is 36.0 Å². The molecular weight excluding hydrogens is 519 g/mol. The van der Waals surface area contributed by atoms with Gasteiger partial charge in [-0.15, -0.1) is 23.1 Å². The Hall–Kier alpha value is -2.31. The second-order valence-corrected chi connectivity index (χ2v) is 12.0. The molecule has 1 saturated heterocycles. The highest BCUT2D eigenvalue weighted by molar-refractivity contribution is 7.99. The number of rotatable bonds is 6. The van der Waals surface area contributed by atoms with Crippen LogP contribution in [0.5, 0.6) is 0 Å². The van der Waals surface area contributed by atoms with Crippen LogP contribution in [0.25, 0.3) is 10.6 Å². The molecule has 2 N–H and O–H groups in total. The molecule has 7 nitrogen and oxygen atoms in total. The Bertz CT molecular complexity index is 1240. The molecule has 2 aliphatic heterocycles. The van der Waals surface area contributed by atoms with Crippen molar-refractivity contribution in [3.8, 4) is 10.6 Å². The highest BCUT2D eigenvalue weighted by atomic mass is 32.2. The van der Waals surface area contributed by atoms with Crippen LogP contribution in [-0.2, 0) is 12.6 Å². The molecule has 0 unspecified atom stereocenters. The van der Waals surface area contributed by atoms with E-state index in [1.54, 1.807) is 11.8 Å². The number of piperidine rings is 1.